The first-order valence-corrected chi connectivity index (χ1v) is 14.0. The fourth-order valence-corrected chi connectivity index (χ4v) is 6.55. The molecule has 5 aromatic rings. The number of methoxy groups -OCH3 is 1. The molecular weight excluding hydrogens is 539 g/mol. The number of fused-ring (bicyclic) bond motifs is 3. The molecule has 1 aliphatic heterocycles. The van der Waals surface area contributed by atoms with E-state index in [2.05, 4.69) is 12.1 Å². The van der Waals surface area contributed by atoms with Crippen molar-refractivity contribution in [3.8, 4) is 11.3 Å². The van der Waals surface area contributed by atoms with Gasteiger partial charge in [-0.1, -0.05) is 59.9 Å². The second-order valence-electron chi connectivity index (χ2n) is 9.94. The van der Waals surface area contributed by atoms with Crippen LogP contribution in [0.5, 0.6) is 0 Å². The number of hydrogen-bond acceptors (Lipinski definition) is 6. The highest BCUT2D eigenvalue weighted by Gasteiger charge is 2.32. The summed E-state index contributed by atoms with van der Waals surface area (Å²) in [5, 5.41) is 0. The molecular formula is C33H23FN2O4S. The Hall–Kier alpha value is -4.82. The van der Waals surface area contributed by atoms with Crippen LogP contribution in [0.15, 0.2) is 105 Å². The molecule has 3 heterocycles. The number of nitrogens with zero attached hydrogens (tertiary/aromatic N) is 2. The van der Waals surface area contributed by atoms with Gasteiger partial charge in [0.2, 0.25) is 0 Å². The molecule has 6 nitrogen and oxygen atoms in total. The lowest BCUT2D eigenvalue weighted by molar-refractivity contribution is 0.0600. The predicted octanol–water partition coefficient (Wildman–Crippen LogP) is 5.50. The standard InChI is InChI=1S/C33H23FN2O4S/c1-39-32(38)22-8-6-20(7-9-22)27-17-15-24(40-27)18-28-31(37)36-30(21-10-13-23(34)14-11-21)26-16-12-19-4-2-3-5-25(19)29(26)35-33(36)41-28/h2-11,13-15,17-18,30H,12,16H2,1H3/b28-18+/t30-/m1/s1. The molecule has 0 amide bonds. The van der Waals surface area contributed by atoms with Crippen LogP contribution in [-0.4, -0.2) is 17.6 Å². The van der Waals surface area contributed by atoms with Gasteiger partial charge in [0.05, 0.1) is 28.9 Å². The molecule has 2 aliphatic rings. The Kier molecular flexibility index (Phi) is 6.12. The van der Waals surface area contributed by atoms with E-state index in [1.165, 1.54) is 36.1 Å². The van der Waals surface area contributed by atoms with Crippen LogP contribution in [0.25, 0.3) is 23.1 Å². The summed E-state index contributed by atoms with van der Waals surface area (Å²) in [4.78, 5) is 31.2. The zero-order chi connectivity index (χ0) is 28.1. The summed E-state index contributed by atoms with van der Waals surface area (Å²) in [6.45, 7) is 0. The van der Waals surface area contributed by atoms with Crippen LogP contribution in [0.4, 0.5) is 4.39 Å². The SMILES string of the molecule is COC(=O)c1ccc(-c2ccc(/C=c3/sc4n(c3=O)[C@H](c3ccc(F)cc3)C3=C(N=4)c4ccccc4CC3)o2)cc1. The zero-order valence-electron chi connectivity index (χ0n) is 22.0. The van der Waals surface area contributed by atoms with Gasteiger partial charge in [0, 0.05) is 17.2 Å². The number of aromatic nitrogens is 1. The first kappa shape index (κ1) is 25.2. The van der Waals surface area contributed by atoms with Crippen molar-refractivity contribution in [2.45, 2.75) is 18.9 Å². The molecule has 1 aliphatic carbocycles. The van der Waals surface area contributed by atoms with Crippen molar-refractivity contribution >= 4 is 29.1 Å². The number of thiazole rings is 1. The molecule has 0 unspecified atom stereocenters. The summed E-state index contributed by atoms with van der Waals surface area (Å²) < 4.78 is 26.9. The Morgan fingerprint density at radius 1 is 1.02 bits per heavy atom. The summed E-state index contributed by atoms with van der Waals surface area (Å²) >= 11 is 1.31. The number of benzene rings is 3. The molecule has 7 rings (SSSR count). The van der Waals surface area contributed by atoms with Gasteiger partial charge in [-0.25, -0.2) is 14.2 Å². The van der Waals surface area contributed by atoms with E-state index in [1.807, 2.05) is 18.2 Å². The number of halogens is 1. The largest absolute Gasteiger partial charge is 0.465 e. The summed E-state index contributed by atoms with van der Waals surface area (Å²) in [7, 11) is 1.34. The monoisotopic (exact) mass is 562 g/mol. The van der Waals surface area contributed by atoms with E-state index in [0.717, 1.165) is 40.8 Å². The summed E-state index contributed by atoms with van der Waals surface area (Å²) in [5.41, 5.74) is 6.17. The fourth-order valence-electron chi connectivity index (χ4n) is 5.57. The van der Waals surface area contributed by atoms with E-state index in [0.29, 0.717) is 26.4 Å². The van der Waals surface area contributed by atoms with Crippen LogP contribution >= 0.6 is 11.3 Å². The molecule has 1 atom stereocenters. The molecule has 0 spiro atoms. The van der Waals surface area contributed by atoms with Gasteiger partial charge in [-0.2, -0.15) is 0 Å². The second kappa shape index (κ2) is 9.98. The highest BCUT2D eigenvalue weighted by atomic mass is 32.1. The van der Waals surface area contributed by atoms with Crippen molar-refractivity contribution in [2.24, 2.45) is 4.99 Å². The quantitative estimate of drug-likeness (QED) is 0.271. The van der Waals surface area contributed by atoms with Gasteiger partial charge in [0.15, 0.2) is 4.80 Å². The zero-order valence-corrected chi connectivity index (χ0v) is 22.8. The van der Waals surface area contributed by atoms with Gasteiger partial charge in [-0.15, -0.1) is 0 Å². The predicted molar refractivity (Wildman–Crippen MR) is 155 cm³/mol. The van der Waals surface area contributed by atoms with E-state index < -0.39 is 5.97 Å². The molecule has 0 saturated carbocycles. The minimum atomic E-state index is -0.406. The maximum absolute atomic E-state index is 13.9. The maximum Gasteiger partial charge on any atom is 0.337 e. The lowest BCUT2D eigenvalue weighted by Crippen LogP contribution is -2.38. The number of allylic oxidation sites excluding steroid dienone is 1. The van der Waals surface area contributed by atoms with E-state index in [4.69, 9.17) is 14.1 Å². The molecule has 0 bridgehead atoms. The van der Waals surface area contributed by atoms with Crippen molar-refractivity contribution in [2.75, 3.05) is 7.11 Å². The third-order valence-electron chi connectivity index (χ3n) is 7.55. The maximum atomic E-state index is 13.9. The van der Waals surface area contributed by atoms with Gasteiger partial charge in [0.25, 0.3) is 5.56 Å². The van der Waals surface area contributed by atoms with Crippen LogP contribution in [0.1, 0.15) is 45.3 Å². The molecule has 0 saturated heterocycles. The van der Waals surface area contributed by atoms with Crippen LogP contribution in [-0.2, 0) is 11.2 Å². The van der Waals surface area contributed by atoms with Gasteiger partial charge in [0.1, 0.15) is 17.3 Å². The fraction of sp³-hybridized carbons (Fsp3) is 0.121. The number of hydrogen-bond donors (Lipinski definition) is 0. The molecule has 0 fully saturated rings. The number of esters is 1. The third-order valence-corrected chi connectivity index (χ3v) is 8.53. The number of carbonyl (C=O) groups excluding carboxylic acids is 1. The molecule has 3 aromatic carbocycles. The summed E-state index contributed by atoms with van der Waals surface area (Å²) in [6.07, 6.45) is 3.34. The Balaban J connectivity index is 1.33. The van der Waals surface area contributed by atoms with Gasteiger partial charge < -0.3 is 9.15 Å². The summed E-state index contributed by atoms with van der Waals surface area (Å²) in [5.74, 6) is 0.403. The molecule has 8 heteroatoms. The van der Waals surface area contributed by atoms with E-state index >= 15 is 0 Å². The lowest BCUT2D eigenvalue weighted by Gasteiger charge is -2.30. The van der Waals surface area contributed by atoms with Crippen molar-refractivity contribution < 1.29 is 18.3 Å². The van der Waals surface area contributed by atoms with Gasteiger partial charge in [-0.05, 0) is 65.9 Å². The number of aryl methyl sites for hydroxylation is 1. The van der Waals surface area contributed by atoms with Gasteiger partial charge >= 0.3 is 5.97 Å². The minimum absolute atomic E-state index is 0.172. The molecule has 202 valence electrons. The Labute approximate surface area is 238 Å². The van der Waals surface area contributed by atoms with Crippen molar-refractivity contribution in [3.05, 3.63) is 144 Å². The highest BCUT2D eigenvalue weighted by molar-refractivity contribution is 7.07. The first-order valence-electron chi connectivity index (χ1n) is 13.2. The van der Waals surface area contributed by atoms with Crippen molar-refractivity contribution in [1.82, 2.24) is 4.57 Å². The van der Waals surface area contributed by atoms with Crippen molar-refractivity contribution in [1.29, 1.82) is 0 Å². The Bertz CT molecular complexity index is 2030. The van der Waals surface area contributed by atoms with E-state index in [9.17, 15) is 14.0 Å². The average Bonchev–Trinajstić information content (AvgIpc) is 3.60. The smallest absolute Gasteiger partial charge is 0.337 e. The summed E-state index contributed by atoms with van der Waals surface area (Å²) in [6, 6.07) is 24.8. The molecule has 2 aromatic heterocycles. The number of furan rings is 1. The van der Waals surface area contributed by atoms with Crippen molar-refractivity contribution in [3.63, 3.8) is 0 Å². The number of rotatable bonds is 4. The second-order valence-corrected chi connectivity index (χ2v) is 10.9. The molecule has 0 N–H and O–H groups in total. The van der Waals surface area contributed by atoms with Crippen LogP contribution < -0.4 is 14.9 Å². The number of ether oxygens (including phenoxy) is 1. The lowest BCUT2D eigenvalue weighted by atomic mass is 9.83. The van der Waals surface area contributed by atoms with Gasteiger partial charge in [-0.3, -0.25) is 9.36 Å². The first-order chi connectivity index (χ1) is 20.0. The minimum Gasteiger partial charge on any atom is -0.465 e. The Morgan fingerprint density at radius 3 is 2.59 bits per heavy atom. The van der Waals surface area contributed by atoms with Crippen LogP contribution in [0.3, 0.4) is 0 Å². The highest BCUT2D eigenvalue weighted by Crippen LogP contribution is 2.41. The normalized spacial score (nSPS) is 16.0. The average molecular weight is 563 g/mol. The molecule has 41 heavy (non-hydrogen) atoms. The van der Waals surface area contributed by atoms with Crippen LogP contribution in [0, 0.1) is 5.82 Å². The van der Waals surface area contributed by atoms with E-state index in [-0.39, 0.29) is 17.4 Å². The number of carbonyl (C=O) groups is 1. The molecule has 0 radical (unpaired) electrons. The topological polar surface area (TPSA) is 73.8 Å². The van der Waals surface area contributed by atoms with E-state index in [1.54, 1.807) is 53.1 Å². The third kappa shape index (κ3) is 4.37. The Morgan fingerprint density at radius 2 is 1.80 bits per heavy atom. The van der Waals surface area contributed by atoms with Crippen LogP contribution in [0.2, 0.25) is 0 Å².